The van der Waals surface area contributed by atoms with Crippen LogP contribution in [0.3, 0.4) is 0 Å². The van der Waals surface area contributed by atoms with Gasteiger partial charge in [0.1, 0.15) is 10.8 Å². The maximum absolute atomic E-state index is 12.1. The number of terminal acetylenes is 1. The van der Waals surface area contributed by atoms with E-state index in [1.807, 2.05) is 0 Å². The van der Waals surface area contributed by atoms with Crippen molar-refractivity contribution >= 4 is 11.3 Å². The van der Waals surface area contributed by atoms with Crippen LogP contribution in [-0.4, -0.2) is 11.3 Å². The molecule has 0 fully saturated rings. The summed E-state index contributed by atoms with van der Waals surface area (Å²) >= 11 is 1.23. The van der Waals surface area contributed by atoms with Gasteiger partial charge in [-0.25, -0.2) is 4.98 Å². The van der Waals surface area contributed by atoms with Crippen molar-refractivity contribution in [1.82, 2.24) is 4.98 Å². The van der Waals surface area contributed by atoms with E-state index in [9.17, 15) is 13.2 Å². The van der Waals surface area contributed by atoms with Crippen LogP contribution in [0.25, 0.3) is 10.6 Å². The van der Waals surface area contributed by atoms with Crippen LogP contribution in [-0.2, 0) is 0 Å². The van der Waals surface area contributed by atoms with Crippen molar-refractivity contribution in [2.75, 3.05) is 0 Å². The highest BCUT2D eigenvalue weighted by atomic mass is 32.1. The molecule has 0 saturated carbocycles. The fourth-order valence-corrected chi connectivity index (χ4v) is 2.02. The summed E-state index contributed by atoms with van der Waals surface area (Å²) in [5, 5.41) is 0.551. The molecule has 2 nitrogen and oxygen atoms in total. The minimum absolute atomic E-state index is 0.280. The number of ether oxygens (including phenoxy) is 1. The van der Waals surface area contributed by atoms with Crippen molar-refractivity contribution in [2.45, 2.75) is 6.36 Å². The van der Waals surface area contributed by atoms with Crippen LogP contribution in [0.2, 0.25) is 0 Å². The molecule has 0 radical (unpaired) electrons. The third kappa shape index (κ3) is 3.02. The summed E-state index contributed by atoms with van der Waals surface area (Å²) in [7, 11) is 0. The third-order valence-corrected chi connectivity index (χ3v) is 2.94. The lowest BCUT2D eigenvalue weighted by Crippen LogP contribution is -2.17. The van der Waals surface area contributed by atoms with Gasteiger partial charge in [0.15, 0.2) is 0 Å². The van der Waals surface area contributed by atoms with Gasteiger partial charge in [0.25, 0.3) is 0 Å². The molecule has 0 atom stereocenters. The molecule has 18 heavy (non-hydrogen) atoms. The van der Waals surface area contributed by atoms with Crippen LogP contribution in [0.15, 0.2) is 30.5 Å². The first-order valence-corrected chi connectivity index (χ1v) is 5.58. The maximum Gasteiger partial charge on any atom is 0.573 e. The Kier molecular flexibility index (Phi) is 3.26. The average molecular weight is 269 g/mol. The van der Waals surface area contributed by atoms with Crippen LogP contribution < -0.4 is 4.74 Å². The van der Waals surface area contributed by atoms with Gasteiger partial charge >= 0.3 is 6.36 Å². The van der Waals surface area contributed by atoms with Crippen molar-refractivity contribution in [2.24, 2.45) is 0 Å². The number of rotatable bonds is 2. The summed E-state index contributed by atoms with van der Waals surface area (Å²) in [5.74, 6) is 2.13. The van der Waals surface area contributed by atoms with E-state index in [-0.39, 0.29) is 5.75 Å². The fourth-order valence-electron chi connectivity index (χ4n) is 1.30. The molecule has 0 spiro atoms. The van der Waals surface area contributed by atoms with Gasteiger partial charge < -0.3 is 4.74 Å². The highest BCUT2D eigenvalue weighted by molar-refractivity contribution is 7.15. The first-order chi connectivity index (χ1) is 8.48. The van der Waals surface area contributed by atoms with Gasteiger partial charge in [-0.2, -0.15) is 0 Å². The van der Waals surface area contributed by atoms with Crippen LogP contribution in [0.4, 0.5) is 13.2 Å². The van der Waals surface area contributed by atoms with E-state index in [0.29, 0.717) is 15.4 Å². The number of benzene rings is 1. The Morgan fingerprint density at radius 3 is 2.72 bits per heavy atom. The second kappa shape index (κ2) is 4.70. The summed E-state index contributed by atoms with van der Waals surface area (Å²) in [5.41, 5.74) is 0.531. The van der Waals surface area contributed by atoms with E-state index in [4.69, 9.17) is 6.42 Å². The number of aromatic nitrogens is 1. The number of nitrogens with zero attached hydrogens (tertiary/aromatic N) is 1. The van der Waals surface area contributed by atoms with Gasteiger partial charge in [-0.3, -0.25) is 0 Å². The van der Waals surface area contributed by atoms with Crippen LogP contribution >= 0.6 is 11.3 Å². The van der Waals surface area contributed by atoms with Crippen molar-refractivity contribution in [3.8, 4) is 28.7 Å². The maximum atomic E-state index is 12.1. The molecule has 1 heterocycles. The average Bonchev–Trinajstić information content (AvgIpc) is 2.75. The van der Waals surface area contributed by atoms with E-state index in [0.717, 1.165) is 0 Å². The van der Waals surface area contributed by atoms with Crippen LogP contribution in [0.5, 0.6) is 5.75 Å². The lowest BCUT2D eigenvalue weighted by Gasteiger charge is -2.09. The summed E-state index contributed by atoms with van der Waals surface area (Å²) in [4.78, 5) is 4.65. The number of alkyl halides is 3. The Bertz CT molecular complexity index is 598. The Morgan fingerprint density at radius 2 is 2.11 bits per heavy atom. The molecule has 0 bridgehead atoms. The lowest BCUT2D eigenvalue weighted by atomic mass is 10.2. The van der Waals surface area contributed by atoms with Crippen molar-refractivity contribution < 1.29 is 17.9 Å². The Hall–Kier alpha value is -2.00. The van der Waals surface area contributed by atoms with E-state index in [1.54, 1.807) is 6.07 Å². The van der Waals surface area contributed by atoms with Gasteiger partial charge in [-0.05, 0) is 12.1 Å². The normalized spacial score (nSPS) is 11.0. The van der Waals surface area contributed by atoms with Gasteiger partial charge in [-0.1, -0.05) is 18.1 Å². The monoisotopic (exact) mass is 269 g/mol. The largest absolute Gasteiger partial charge is 0.573 e. The number of hydrogen-bond donors (Lipinski definition) is 0. The second-order valence-electron chi connectivity index (χ2n) is 3.25. The van der Waals surface area contributed by atoms with Gasteiger partial charge in [0, 0.05) is 5.56 Å². The van der Waals surface area contributed by atoms with Crippen molar-refractivity contribution in [3.63, 3.8) is 0 Å². The highest BCUT2D eigenvalue weighted by Crippen LogP contribution is 2.30. The van der Waals surface area contributed by atoms with E-state index >= 15 is 0 Å². The van der Waals surface area contributed by atoms with Crippen LogP contribution in [0.1, 0.15) is 4.88 Å². The first kappa shape index (κ1) is 12.5. The summed E-state index contributed by atoms with van der Waals surface area (Å²) in [6.07, 6.45) is 2.00. The van der Waals surface area contributed by atoms with E-state index < -0.39 is 6.36 Å². The summed E-state index contributed by atoms with van der Waals surface area (Å²) < 4.78 is 40.1. The fraction of sp³-hybridized carbons (Fsp3) is 0.0833. The number of hydrogen-bond acceptors (Lipinski definition) is 3. The molecule has 1 aromatic heterocycles. The predicted octanol–water partition coefficient (Wildman–Crippen LogP) is 3.69. The molecular weight excluding hydrogens is 263 g/mol. The highest BCUT2D eigenvalue weighted by Gasteiger charge is 2.31. The molecule has 92 valence electrons. The zero-order valence-electron chi connectivity index (χ0n) is 8.86. The predicted molar refractivity (Wildman–Crippen MR) is 62.2 cm³/mol. The Labute approximate surface area is 105 Å². The molecule has 0 unspecified atom stereocenters. The minimum atomic E-state index is -4.70. The van der Waals surface area contributed by atoms with Gasteiger partial charge in [0.2, 0.25) is 0 Å². The number of thiazole rings is 1. The lowest BCUT2D eigenvalue weighted by molar-refractivity contribution is -0.274. The Morgan fingerprint density at radius 1 is 1.33 bits per heavy atom. The van der Waals surface area contributed by atoms with Gasteiger partial charge in [-0.15, -0.1) is 30.9 Å². The van der Waals surface area contributed by atoms with Gasteiger partial charge in [0.05, 0.1) is 11.1 Å². The van der Waals surface area contributed by atoms with Crippen molar-refractivity contribution in [3.05, 3.63) is 35.3 Å². The molecular formula is C12H6F3NOS. The molecule has 0 aliphatic heterocycles. The molecule has 0 aliphatic rings. The zero-order chi connectivity index (χ0) is 13.2. The molecule has 0 saturated heterocycles. The minimum Gasteiger partial charge on any atom is -0.406 e. The third-order valence-electron chi connectivity index (χ3n) is 1.96. The topological polar surface area (TPSA) is 22.1 Å². The number of halogens is 3. The van der Waals surface area contributed by atoms with E-state index in [1.165, 1.54) is 35.7 Å². The zero-order valence-corrected chi connectivity index (χ0v) is 9.68. The Balaban J connectivity index is 2.30. The van der Waals surface area contributed by atoms with Crippen molar-refractivity contribution in [1.29, 1.82) is 0 Å². The molecule has 6 heteroatoms. The SMILES string of the molecule is C#Cc1cnc(-c2cccc(OC(F)(F)F)c2)s1. The molecule has 2 rings (SSSR count). The second-order valence-corrected chi connectivity index (χ2v) is 4.28. The smallest absolute Gasteiger partial charge is 0.406 e. The molecule has 0 aliphatic carbocycles. The molecule has 0 N–H and O–H groups in total. The summed E-state index contributed by atoms with van der Waals surface area (Å²) in [6, 6.07) is 5.61. The first-order valence-electron chi connectivity index (χ1n) is 4.76. The molecule has 0 amide bonds. The quantitative estimate of drug-likeness (QED) is 0.776. The van der Waals surface area contributed by atoms with Crippen LogP contribution in [0, 0.1) is 12.3 Å². The van der Waals surface area contributed by atoms with E-state index in [2.05, 4.69) is 15.6 Å². The summed E-state index contributed by atoms with van der Waals surface area (Å²) in [6.45, 7) is 0. The molecule has 2 aromatic rings. The standard InChI is InChI=1S/C12H6F3NOS/c1-2-10-7-16-11(18-10)8-4-3-5-9(6-8)17-12(13,14)15/h1,3-7H. The molecule has 1 aromatic carbocycles.